The molecule has 0 N–H and O–H groups in total. The van der Waals surface area contributed by atoms with Crippen LogP contribution in [0.4, 0.5) is 0 Å². The highest BCUT2D eigenvalue weighted by Gasteiger charge is 1.84. The molecular weight excluding hydrogens is 150 g/mol. The summed E-state index contributed by atoms with van der Waals surface area (Å²) in [6.07, 6.45) is 8.49. The summed E-state index contributed by atoms with van der Waals surface area (Å²) in [5.74, 6) is 0. The van der Waals surface area contributed by atoms with Crippen molar-refractivity contribution in [3.63, 3.8) is 0 Å². The number of hydrogen-bond acceptors (Lipinski definition) is 2. The third-order valence-electron chi connectivity index (χ3n) is 1.69. The Balaban J connectivity index is 0.000000211. The molecule has 0 aromatic rings. The fourth-order valence-electron chi connectivity index (χ4n) is 0.940. The quantitative estimate of drug-likeness (QED) is 0.596. The number of unbranched alkanes of at least 4 members (excludes halogenated alkanes) is 4. The standard InChI is InChI=1S/C7H16.C3H5NO/c1-3-5-7-6-4-2;1-2-5-3-4-1/h3-7H2,1-2H3;3H,1-2H2. The minimum atomic E-state index is 0.778. The fourth-order valence-corrected chi connectivity index (χ4v) is 0.940. The van der Waals surface area contributed by atoms with Gasteiger partial charge in [0.2, 0.25) is 0 Å². The second kappa shape index (κ2) is 10.5. The van der Waals surface area contributed by atoms with E-state index in [4.69, 9.17) is 0 Å². The molecule has 12 heavy (non-hydrogen) atoms. The van der Waals surface area contributed by atoms with E-state index in [1.165, 1.54) is 38.5 Å². The Labute approximate surface area is 76.0 Å². The highest BCUT2D eigenvalue weighted by atomic mass is 16.5. The van der Waals surface area contributed by atoms with Crippen molar-refractivity contribution in [2.75, 3.05) is 13.2 Å². The van der Waals surface area contributed by atoms with E-state index < -0.39 is 0 Å². The second-order valence-corrected chi connectivity index (χ2v) is 2.94. The summed E-state index contributed by atoms with van der Waals surface area (Å²) in [6.45, 7) is 6.12. The molecular formula is C10H21NO. The van der Waals surface area contributed by atoms with Gasteiger partial charge in [-0.3, -0.25) is 4.99 Å². The molecule has 1 rings (SSSR count). The maximum atomic E-state index is 4.65. The molecule has 1 aliphatic rings. The van der Waals surface area contributed by atoms with Crippen molar-refractivity contribution in [1.82, 2.24) is 0 Å². The lowest BCUT2D eigenvalue weighted by atomic mass is 10.2. The molecule has 0 saturated carbocycles. The van der Waals surface area contributed by atoms with E-state index in [1.54, 1.807) is 0 Å². The second-order valence-electron chi connectivity index (χ2n) is 2.94. The summed E-state index contributed by atoms with van der Waals surface area (Å²) < 4.78 is 4.65. The molecule has 0 atom stereocenters. The van der Waals surface area contributed by atoms with Gasteiger partial charge in [0.25, 0.3) is 0 Å². The van der Waals surface area contributed by atoms with Gasteiger partial charge < -0.3 is 4.74 Å². The zero-order chi connectivity index (χ0) is 9.07. The van der Waals surface area contributed by atoms with Crippen LogP contribution in [0.1, 0.15) is 46.0 Å². The molecule has 2 heteroatoms. The Morgan fingerprint density at radius 1 is 1.17 bits per heavy atom. The van der Waals surface area contributed by atoms with E-state index in [0.29, 0.717) is 0 Å². The highest BCUT2D eigenvalue weighted by molar-refractivity contribution is 5.47. The van der Waals surface area contributed by atoms with Crippen LogP contribution in [0.5, 0.6) is 0 Å². The van der Waals surface area contributed by atoms with Gasteiger partial charge in [0.1, 0.15) is 6.61 Å². The smallest absolute Gasteiger partial charge is 0.169 e. The topological polar surface area (TPSA) is 21.6 Å². The third kappa shape index (κ3) is 9.47. The van der Waals surface area contributed by atoms with Gasteiger partial charge in [-0.15, -0.1) is 0 Å². The van der Waals surface area contributed by atoms with Crippen molar-refractivity contribution in [1.29, 1.82) is 0 Å². The molecule has 0 saturated heterocycles. The lowest BCUT2D eigenvalue weighted by Crippen LogP contribution is -1.80. The normalized spacial score (nSPS) is 13.5. The van der Waals surface area contributed by atoms with Crippen molar-refractivity contribution in [2.24, 2.45) is 4.99 Å². The minimum absolute atomic E-state index is 0.778. The van der Waals surface area contributed by atoms with Gasteiger partial charge in [-0.25, -0.2) is 0 Å². The maximum Gasteiger partial charge on any atom is 0.169 e. The third-order valence-corrected chi connectivity index (χ3v) is 1.69. The largest absolute Gasteiger partial charge is 0.482 e. The van der Waals surface area contributed by atoms with E-state index in [-0.39, 0.29) is 0 Å². The van der Waals surface area contributed by atoms with Gasteiger partial charge >= 0.3 is 0 Å². The summed E-state index contributed by atoms with van der Waals surface area (Å²) in [5, 5.41) is 0. The van der Waals surface area contributed by atoms with Crippen LogP contribution in [0.25, 0.3) is 0 Å². The molecule has 0 bridgehead atoms. The van der Waals surface area contributed by atoms with Gasteiger partial charge in [-0.2, -0.15) is 0 Å². The van der Waals surface area contributed by atoms with Crippen LogP contribution in [0.15, 0.2) is 4.99 Å². The average Bonchev–Trinajstić information content (AvgIpc) is 2.62. The zero-order valence-electron chi connectivity index (χ0n) is 8.38. The van der Waals surface area contributed by atoms with Gasteiger partial charge in [0.15, 0.2) is 6.40 Å². The van der Waals surface area contributed by atoms with Gasteiger partial charge in [-0.1, -0.05) is 46.0 Å². The fraction of sp³-hybridized carbons (Fsp3) is 0.900. The molecule has 0 fully saturated rings. The first-order valence-electron chi connectivity index (χ1n) is 5.01. The van der Waals surface area contributed by atoms with Crippen LogP contribution in [0.3, 0.4) is 0 Å². The Kier molecular flexibility index (Phi) is 10.0. The van der Waals surface area contributed by atoms with E-state index in [2.05, 4.69) is 23.6 Å². The predicted molar refractivity (Wildman–Crippen MR) is 53.7 cm³/mol. The van der Waals surface area contributed by atoms with Crippen LogP contribution >= 0.6 is 0 Å². The van der Waals surface area contributed by atoms with Crippen molar-refractivity contribution < 1.29 is 4.74 Å². The lowest BCUT2D eigenvalue weighted by Gasteiger charge is -1.90. The SMILES string of the molecule is C1=NCCO1.CCCCCCC. The molecule has 2 nitrogen and oxygen atoms in total. The number of ether oxygens (including phenoxy) is 1. The van der Waals surface area contributed by atoms with Crippen LogP contribution in [0.2, 0.25) is 0 Å². The first-order valence-corrected chi connectivity index (χ1v) is 5.01. The van der Waals surface area contributed by atoms with Crippen LogP contribution in [-0.4, -0.2) is 19.6 Å². The maximum absolute atomic E-state index is 4.65. The van der Waals surface area contributed by atoms with Crippen molar-refractivity contribution in [2.45, 2.75) is 46.0 Å². The Morgan fingerprint density at radius 2 is 1.83 bits per heavy atom. The zero-order valence-corrected chi connectivity index (χ0v) is 8.38. The first-order chi connectivity index (χ1) is 5.91. The summed E-state index contributed by atoms with van der Waals surface area (Å²) in [7, 11) is 0. The van der Waals surface area contributed by atoms with Crippen molar-refractivity contribution in [3.8, 4) is 0 Å². The van der Waals surface area contributed by atoms with E-state index in [9.17, 15) is 0 Å². The number of nitrogens with zero attached hydrogens (tertiary/aromatic N) is 1. The first kappa shape index (κ1) is 11.5. The summed E-state index contributed by atoms with van der Waals surface area (Å²) >= 11 is 0. The Hall–Kier alpha value is -0.530. The molecule has 0 radical (unpaired) electrons. The molecule has 0 unspecified atom stereocenters. The summed E-state index contributed by atoms with van der Waals surface area (Å²) in [6, 6.07) is 0. The summed E-state index contributed by atoms with van der Waals surface area (Å²) in [5.41, 5.74) is 0. The number of rotatable bonds is 4. The highest BCUT2D eigenvalue weighted by Crippen LogP contribution is 2.00. The van der Waals surface area contributed by atoms with E-state index >= 15 is 0 Å². The molecule has 0 spiro atoms. The predicted octanol–water partition coefficient (Wildman–Crippen LogP) is 3.02. The number of aliphatic imine (C=N–C) groups is 1. The molecule has 72 valence electrons. The monoisotopic (exact) mass is 171 g/mol. The molecule has 0 amide bonds. The summed E-state index contributed by atoms with van der Waals surface area (Å²) in [4.78, 5) is 3.74. The van der Waals surface area contributed by atoms with Crippen LogP contribution in [-0.2, 0) is 4.74 Å². The van der Waals surface area contributed by atoms with E-state index in [1.807, 2.05) is 0 Å². The number of hydrogen-bond donors (Lipinski definition) is 0. The molecule has 0 aliphatic carbocycles. The Morgan fingerprint density at radius 3 is 2.08 bits per heavy atom. The molecule has 1 aliphatic heterocycles. The molecule has 1 heterocycles. The van der Waals surface area contributed by atoms with Gasteiger partial charge in [0.05, 0.1) is 6.54 Å². The Bertz CT molecular complexity index is 92.0. The van der Waals surface area contributed by atoms with Gasteiger partial charge in [0, 0.05) is 0 Å². The van der Waals surface area contributed by atoms with Crippen molar-refractivity contribution in [3.05, 3.63) is 0 Å². The minimum Gasteiger partial charge on any atom is -0.482 e. The molecule has 0 aromatic heterocycles. The van der Waals surface area contributed by atoms with E-state index in [0.717, 1.165) is 13.2 Å². The average molecular weight is 171 g/mol. The van der Waals surface area contributed by atoms with Crippen LogP contribution < -0.4 is 0 Å². The van der Waals surface area contributed by atoms with Gasteiger partial charge in [-0.05, 0) is 0 Å². The van der Waals surface area contributed by atoms with Crippen LogP contribution in [0, 0.1) is 0 Å². The lowest BCUT2D eigenvalue weighted by molar-refractivity contribution is 0.361. The van der Waals surface area contributed by atoms with Crippen molar-refractivity contribution >= 4 is 6.40 Å². The molecule has 0 aromatic carbocycles.